The van der Waals surface area contributed by atoms with Crippen LogP contribution in [-0.4, -0.2) is 138 Å². The van der Waals surface area contributed by atoms with E-state index in [0.717, 1.165) is 24.5 Å². The molecule has 5 amide bonds. The van der Waals surface area contributed by atoms with Gasteiger partial charge in [0, 0.05) is 57.8 Å². The summed E-state index contributed by atoms with van der Waals surface area (Å²) >= 11 is 1.08. The smallest absolute Gasteiger partial charge is 0.354 e. The van der Waals surface area contributed by atoms with E-state index < -0.39 is 28.6 Å². The highest BCUT2D eigenvalue weighted by Crippen LogP contribution is 2.43. The van der Waals surface area contributed by atoms with Gasteiger partial charge in [0.05, 0.1) is 30.6 Å². The fourth-order valence-electron chi connectivity index (χ4n) is 9.19. The van der Waals surface area contributed by atoms with Gasteiger partial charge in [-0.15, -0.1) is 3.89 Å². The molecule has 5 aliphatic heterocycles. The average Bonchev–Trinajstić information content (AvgIpc) is 3.76. The summed E-state index contributed by atoms with van der Waals surface area (Å²) in [6.07, 6.45) is 5.04. The summed E-state index contributed by atoms with van der Waals surface area (Å²) in [5.74, 6) is -1.24. The monoisotopic (exact) mass is 978 g/mol. The number of fused-ring (bicyclic) bond motifs is 1. The van der Waals surface area contributed by atoms with Crippen LogP contribution in [-0.2, 0) is 25.5 Å². The Labute approximate surface area is 401 Å². The molecule has 2 N–H and O–H groups in total. The van der Waals surface area contributed by atoms with E-state index in [1.54, 1.807) is 44.7 Å². The highest BCUT2D eigenvalue weighted by atomic mass is 32.2. The first kappa shape index (κ1) is 49.8. The predicted molar refractivity (Wildman–Crippen MR) is 254 cm³/mol. The fraction of sp³-hybridized carbons (Fsp3) is 0.455. The molecule has 3 aromatic carbocycles. The van der Waals surface area contributed by atoms with Gasteiger partial charge in [0.1, 0.15) is 41.3 Å². The molecule has 5 aliphatic rings. The first-order valence-electron chi connectivity index (χ1n) is 21.8. The number of carbonyl (C=O) groups is 4. The summed E-state index contributed by atoms with van der Waals surface area (Å²) in [6, 6.07) is 13.5. The molecule has 0 saturated carbocycles. The summed E-state index contributed by atoms with van der Waals surface area (Å²) in [5, 5.41) is 12.3. The number of thiol groups is 1. The molecule has 8 rings (SSSR count). The van der Waals surface area contributed by atoms with Gasteiger partial charge >= 0.3 is 11.9 Å². The van der Waals surface area contributed by atoms with E-state index in [9.17, 15) is 32.5 Å². The molecule has 3 unspecified atom stereocenters. The maximum Gasteiger partial charge on any atom is 0.354 e. The number of nitrogens with zero attached hydrogens (tertiary/aromatic N) is 7. The van der Waals surface area contributed by atoms with E-state index in [1.165, 1.54) is 21.3 Å². The lowest BCUT2D eigenvalue weighted by Gasteiger charge is -2.40. The Hall–Kier alpha value is -5.09. The van der Waals surface area contributed by atoms with Gasteiger partial charge in [-0.1, -0.05) is 13.0 Å². The molecule has 4 fully saturated rings. The number of urea groups is 1. The van der Waals surface area contributed by atoms with Crippen LogP contribution < -0.4 is 23.9 Å². The van der Waals surface area contributed by atoms with Crippen LogP contribution in [0.3, 0.4) is 0 Å². The molecule has 23 heteroatoms. The molecule has 0 bridgehead atoms. The van der Waals surface area contributed by atoms with E-state index >= 15 is 4.39 Å². The molecule has 0 aliphatic carbocycles. The van der Waals surface area contributed by atoms with E-state index in [4.69, 9.17) is 13.7 Å². The molecular weight excluding hydrogens is 928 g/mol. The van der Waals surface area contributed by atoms with E-state index in [-0.39, 0.29) is 94.4 Å². The quantitative estimate of drug-likeness (QED) is 0.0781. The van der Waals surface area contributed by atoms with Crippen molar-refractivity contribution in [3.63, 3.8) is 0 Å². The number of likely N-dealkylation sites (tertiary alicyclic amines) is 2. The Bertz CT molecular complexity index is 2490. The van der Waals surface area contributed by atoms with Crippen LogP contribution in [0.25, 0.3) is 0 Å². The van der Waals surface area contributed by atoms with Crippen molar-refractivity contribution in [3.8, 4) is 23.3 Å². The number of likely N-dealkylation sites (N-methyl/N-ethyl adjacent to an activating group) is 1. The highest BCUT2D eigenvalue weighted by molar-refractivity contribution is 8.03. The molecular formula is C44H51BF2N9O8S3+. The van der Waals surface area contributed by atoms with Crippen molar-refractivity contribution in [2.75, 3.05) is 76.1 Å². The molecule has 1 spiro atoms. The van der Waals surface area contributed by atoms with Gasteiger partial charge in [-0.05, 0) is 86.7 Å². The minimum atomic E-state index is -1.69. The topological polar surface area (TPSA) is 186 Å². The van der Waals surface area contributed by atoms with Crippen molar-refractivity contribution < 1.29 is 49.8 Å². The molecule has 3 aromatic rings. The largest absolute Gasteiger partial charge is 0.453 e. The molecule has 3 atom stereocenters. The second-order valence-corrected chi connectivity index (χ2v) is 18.7. The number of benzene rings is 3. The third kappa shape index (κ3) is 10.6. The molecule has 354 valence electrons. The Morgan fingerprint density at radius 2 is 1.88 bits per heavy atom. The Morgan fingerprint density at radius 3 is 2.57 bits per heavy atom. The van der Waals surface area contributed by atoms with E-state index in [2.05, 4.69) is 39.5 Å². The summed E-state index contributed by atoms with van der Waals surface area (Å²) in [4.78, 5) is 62.0. The number of ether oxygens (including phenoxy) is 2. The second kappa shape index (κ2) is 21.5. The van der Waals surface area contributed by atoms with Crippen LogP contribution in [0, 0.1) is 17.1 Å². The standard InChI is InChI=1S/C44H49F2N9O8S2.BHS/c1-4-51(2)65(60)50-37-10-8-35(45)41(34(37)24-47)62-31-6-9-36-33(22-31)42(58)55(3,27-48-36)30-23-44(61-26-30)14-19-53(20-15-44)40(57)25-52-16-11-28(12-17-52)32-7-5-29(21-38(32)63-64-46)54-18-13-39(56)49-43(54)59;1-2/h5-10,21-22,27-28,30,50H,4,11-20,23,25-26H2,1-3H3;2H/p+1. The molecule has 5 heterocycles. The van der Waals surface area contributed by atoms with Gasteiger partial charge < -0.3 is 18.6 Å². The number of anilines is 2. The van der Waals surface area contributed by atoms with Crippen LogP contribution >= 0.6 is 24.9 Å². The van der Waals surface area contributed by atoms with Crippen LogP contribution in [0.4, 0.5) is 30.1 Å². The number of rotatable bonds is 13. The van der Waals surface area contributed by atoms with Gasteiger partial charge in [0.2, 0.25) is 11.8 Å². The normalized spacial score (nSPS) is 22.1. The average molecular weight is 979 g/mol. The number of halogens is 2. The maximum atomic E-state index is 15.2. The highest BCUT2D eigenvalue weighted by Gasteiger charge is 2.53. The van der Waals surface area contributed by atoms with Gasteiger partial charge in [-0.3, -0.25) is 29.4 Å². The summed E-state index contributed by atoms with van der Waals surface area (Å²) in [7, 11) is 7.62. The number of piperidine rings is 2. The number of nitriles is 1. The molecule has 17 nitrogen and oxygen atoms in total. The molecule has 2 radical (unpaired) electrons. The van der Waals surface area contributed by atoms with Gasteiger partial charge in [-0.2, -0.15) is 5.26 Å². The first-order valence-corrected chi connectivity index (χ1v) is 24.0. The number of imide groups is 1. The van der Waals surface area contributed by atoms with E-state index in [0.29, 0.717) is 75.7 Å². The lowest BCUT2D eigenvalue weighted by Crippen LogP contribution is -2.57. The fourth-order valence-corrected chi connectivity index (χ4v) is 10.2. The zero-order valence-electron chi connectivity index (χ0n) is 37.2. The van der Waals surface area contributed by atoms with Crippen LogP contribution in [0.15, 0.2) is 53.5 Å². The Balaban J connectivity index is 0.00000329. The molecule has 4 saturated heterocycles. The van der Waals surface area contributed by atoms with Crippen LogP contribution in [0.1, 0.15) is 72.9 Å². The van der Waals surface area contributed by atoms with Crippen molar-refractivity contribution in [2.45, 2.75) is 63.0 Å². The van der Waals surface area contributed by atoms with Gasteiger partial charge in [-0.25, -0.2) is 44.4 Å². The zero-order valence-corrected chi connectivity index (χ0v) is 39.8. The van der Waals surface area contributed by atoms with E-state index in [1.807, 2.05) is 24.0 Å². The lowest BCUT2D eigenvalue weighted by molar-refractivity contribution is -0.756. The number of quaternary nitrogens is 1. The van der Waals surface area contributed by atoms with Gasteiger partial charge in [0.15, 0.2) is 36.2 Å². The third-order valence-corrected chi connectivity index (χ3v) is 14.7. The predicted octanol–water partition coefficient (Wildman–Crippen LogP) is 6.08. The summed E-state index contributed by atoms with van der Waals surface area (Å²) in [6.45, 7) is 5.41. The number of amides is 5. The summed E-state index contributed by atoms with van der Waals surface area (Å²) in [5.41, 5.74) is 1.45. The number of carbonyl (C=O) groups excluding carboxylic acids is 4. The minimum Gasteiger partial charge on any atom is -0.453 e. The zero-order chi connectivity index (χ0) is 48.0. The number of hydrogen-bond donors (Lipinski definition) is 3. The third-order valence-electron chi connectivity index (χ3n) is 13.3. The number of aliphatic imine (C=N–C) groups is 1. The first-order chi connectivity index (χ1) is 32.2. The van der Waals surface area contributed by atoms with Crippen molar-refractivity contribution in [1.29, 1.82) is 5.26 Å². The Kier molecular flexibility index (Phi) is 16.0. The number of hydrogen-bond acceptors (Lipinski definition) is 13. The van der Waals surface area contributed by atoms with Gasteiger partial charge in [0.25, 0.3) is 12.4 Å². The Morgan fingerprint density at radius 1 is 1.13 bits per heavy atom. The van der Waals surface area contributed by atoms with Crippen molar-refractivity contribution in [2.24, 2.45) is 4.99 Å². The minimum absolute atomic E-state index is 0.0316. The van der Waals surface area contributed by atoms with Crippen LogP contribution in [0.5, 0.6) is 17.2 Å². The molecule has 0 aromatic heterocycles. The summed E-state index contributed by atoms with van der Waals surface area (Å²) < 4.78 is 63.0. The van der Waals surface area contributed by atoms with Crippen molar-refractivity contribution >= 4 is 90.4 Å². The van der Waals surface area contributed by atoms with Crippen molar-refractivity contribution in [3.05, 3.63) is 71.0 Å². The van der Waals surface area contributed by atoms with Crippen LogP contribution in [0.2, 0.25) is 0 Å². The second-order valence-electron chi connectivity index (χ2n) is 17.1. The molecule has 67 heavy (non-hydrogen) atoms. The maximum absolute atomic E-state index is 15.2. The van der Waals surface area contributed by atoms with Crippen molar-refractivity contribution in [1.82, 2.24) is 19.4 Å². The SMILES string of the molecule is CCN(C)S(=O)Nc1ccc(F)c(Oc2ccc3c(c2)C(=O)[N+](C)(C2COC4(CCN(C(=O)CN5CCC(c6ccc(N7CCC(=O)NC7=O)cc6OSF)CC5)CC4)C2)C=N3)c1C#N.[B]S. The lowest BCUT2D eigenvalue weighted by atomic mass is 9.86. The number of nitrogens with one attached hydrogen (secondary N) is 2.